The first-order valence-electron chi connectivity index (χ1n) is 6.44. The summed E-state index contributed by atoms with van der Waals surface area (Å²) in [5, 5.41) is 14.1. The van der Waals surface area contributed by atoms with Gasteiger partial charge in [-0.05, 0) is 13.3 Å². The molecule has 1 N–H and O–H groups in total. The van der Waals surface area contributed by atoms with E-state index in [1.54, 1.807) is 17.0 Å². The van der Waals surface area contributed by atoms with Crippen LogP contribution in [-0.4, -0.2) is 31.0 Å². The molecule has 0 atom stereocenters. The molecule has 2 rings (SSSR count). The second-order valence-corrected chi connectivity index (χ2v) is 4.15. The van der Waals surface area contributed by atoms with Crippen molar-refractivity contribution in [2.24, 2.45) is 0 Å². The van der Waals surface area contributed by atoms with Crippen molar-refractivity contribution in [2.75, 3.05) is 11.9 Å². The number of hydrogen-bond donors (Lipinski definition) is 1. The minimum Gasteiger partial charge on any atom is -0.354 e. The molecule has 0 spiro atoms. The van der Waals surface area contributed by atoms with Gasteiger partial charge in [0.15, 0.2) is 11.5 Å². The molecule has 0 amide bonds. The third kappa shape index (κ3) is 2.73. The highest BCUT2D eigenvalue weighted by Crippen LogP contribution is 2.26. The molecule has 2 heterocycles. The lowest BCUT2D eigenvalue weighted by atomic mass is 10.3. The van der Waals surface area contributed by atoms with Crippen molar-refractivity contribution in [3.05, 3.63) is 28.7 Å². The van der Waals surface area contributed by atoms with E-state index in [4.69, 9.17) is 0 Å². The number of nitrogens with one attached hydrogen (secondary N) is 1. The zero-order valence-electron chi connectivity index (χ0n) is 11.4. The van der Waals surface area contributed by atoms with E-state index < -0.39 is 4.92 Å². The summed E-state index contributed by atoms with van der Waals surface area (Å²) in [7, 11) is 0. The average molecular weight is 276 g/mol. The second-order valence-electron chi connectivity index (χ2n) is 4.15. The maximum absolute atomic E-state index is 11.1. The molecule has 2 aromatic heterocycles. The van der Waals surface area contributed by atoms with Crippen LogP contribution in [0.25, 0.3) is 11.5 Å². The van der Waals surface area contributed by atoms with Crippen molar-refractivity contribution in [1.29, 1.82) is 0 Å². The van der Waals surface area contributed by atoms with Crippen LogP contribution in [0.3, 0.4) is 0 Å². The molecular weight excluding hydrogens is 260 g/mol. The summed E-state index contributed by atoms with van der Waals surface area (Å²) in [4.78, 5) is 23.0. The minimum absolute atomic E-state index is 0.145. The first-order valence-corrected chi connectivity index (χ1v) is 6.44. The number of aromatic nitrogens is 4. The van der Waals surface area contributed by atoms with E-state index >= 15 is 0 Å². The molecule has 0 bridgehead atoms. The molecule has 0 aromatic carbocycles. The van der Waals surface area contributed by atoms with Crippen LogP contribution >= 0.6 is 0 Å². The van der Waals surface area contributed by atoms with Gasteiger partial charge in [-0.15, -0.1) is 0 Å². The van der Waals surface area contributed by atoms with Crippen LogP contribution in [-0.2, 0) is 6.54 Å². The number of aryl methyl sites for hydroxylation is 1. The van der Waals surface area contributed by atoms with Gasteiger partial charge in [0.1, 0.15) is 6.20 Å². The quantitative estimate of drug-likeness (QED) is 0.640. The fourth-order valence-corrected chi connectivity index (χ4v) is 1.78. The molecule has 2 aromatic rings. The van der Waals surface area contributed by atoms with E-state index in [-0.39, 0.29) is 11.4 Å². The fraction of sp³-hybridized carbons (Fsp3) is 0.417. The standard InChI is InChI=1S/C12H16N6O2/c1-3-5-14-12-15-8-9(18(19)20)10(16-12)11-13-6-7-17(11)4-2/h6-8H,3-5H2,1-2H3,(H,14,15,16). The largest absolute Gasteiger partial charge is 0.354 e. The molecule has 8 nitrogen and oxygen atoms in total. The fourth-order valence-electron chi connectivity index (χ4n) is 1.78. The third-order valence-electron chi connectivity index (χ3n) is 2.77. The van der Waals surface area contributed by atoms with E-state index in [1.807, 2.05) is 13.8 Å². The summed E-state index contributed by atoms with van der Waals surface area (Å²) in [6.45, 7) is 5.32. The van der Waals surface area contributed by atoms with Crippen molar-refractivity contribution in [3.8, 4) is 11.5 Å². The van der Waals surface area contributed by atoms with Gasteiger partial charge in [0.05, 0.1) is 4.92 Å². The van der Waals surface area contributed by atoms with Crippen LogP contribution in [0, 0.1) is 10.1 Å². The van der Waals surface area contributed by atoms with E-state index in [2.05, 4.69) is 20.3 Å². The first-order chi connectivity index (χ1) is 9.67. The lowest BCUT2D eigenvalue weighted by Gasteiger charge is -2.07. The second kappa shape index (κ2) is 6.09. The molecule has 0 saturated carbocycles. The summed E-state index contributed by atoms with van der Waals surface area (Å²) in [6, 6.07) is 0. The smallest absolute Gasteiger partial charge is 0.317 e. The Morgan fingerprint density at radius 2 is 2.20 bits per heavy atom. The van der Waals surface area contributed by atoms with Gasteiger partial charge >= 0.3 is 5.69 Å². The summed E-state index contributed by atoms with van der Waals surface area (Å²) < 4.78 is 1.80. The van der Waals surface area contributed by atoms with E-state index in [0.717, 1.165) is 6.42 Å². The normalized spacial score (nSPS) is 10.5. The SMILES string of the molecule is CCCNc1ncc([N+](=O)[O-])c(-c2nccn2CC)n1. The molecule has 0 radical (unpaired) electrons. The zero-order valence-corrected chi connectivity index (χ0v) is 11.4. The van der Waals surface area contributed by atoms with Crippen LogP contribution in [0.4, 0.5) is 11.6 Å². The van der Waals surface area contributed by atoms with E-state index in [1.165, 1.54) is 6.20 Å². The Balaban J connectivity index is 2.49. The maximum Gasteiger partial charge on any atom is 0.317 e. The van der Waals surface area contributed by atoms with Gasteiger partial charge < -0.3 is 9.88 Å². The predicted octanol–water partition coefficient (Wildman–Crippen LogP) is 2.09. The molecule has 0 saturated heterocycles. The molecule has 0 aliphatic rings. The number of hydrogen-bond acceptors (Lipinski definition) is 6. The van der Waals surface area contributed by atoms with Crippen LogP contribution in [0.2, 0.25) is 0 Å². The monoisotopic (exact) mass is 276 g/mol. The molecule has 0 unspecified atom stereocenters. The van der Waals surface area contributed by atoms with E-state index in [9.17, 15) is 10.1 Å². The lowest BCUT2D eigenvalue weighted by Crippen LogP contribution is -2.08. The van der Waals surface area contributed by atoms with Gasteiger partial charge in [-0.1, -0.05) is 6.92 Å². The number of rotatable bonds is 6. The van der Waals surface area contributed by atoms with Gasteiger partial charge in [0.2, 0.25) is 5.95 Å². The molecule has 0 aliphatic carbocycles. The summed E-state index contributed by atoms with van der Waals surface area (Å²) in [5.74, 6) is 0.847. The van der Waals surface area contributed by atoms with Crippen molar-refractivity contribution >= 4 is 11.6 Å². The van der Waals surface area contributed by atoms with Crippen LogP contribution in [0.1, 0.15) is 20.3 Å². The van der Waals surface area contributed by atoms with Gasteiger partial charge in [-0.3, -0.25) is 10.1 Å². The molecule has 106 valence electrons. The third-order valence-corrected chi connectivity index (χ3v) is 2.77. The average Bonchev–Trinajstić information content (AvgIpc) is 2.92. The molecule has 20 heavy (non-hydrogen) atoms. The minimum atomic E-state index is -0.492. The highest BCUT2D eigenvalue weighted by atomic mass is 16.6. The zero-order chi connectivity index (χ0) is 14.5. The Hall–Kier alpha value is -2.51. The number of nitro groups is 1. The van der Waals surface area contributed by atoms with Crippen molar-refractivity contribution in [3.63, 3.8) is 0 Å². The van der Waals surface area contributed by atoms with Crippen LogP contribution in [0.15, 0.2) is 18.6 Å². The van der Waals surface area contributed by atoms with Gasteiger partial charge in [-0.2, -0.15) is 0 Å². The lowest BCUT2D eigenvalue weighted by molar-refractivity contribution is -0.384. The number of nitrogens with zero attached hydrogens (tertiary/aromatic N) is 5. The van der Waals surface area contributed by atoms with Gasteiger partial charge in [0, 0.05) is 25.5 Å². The summed E-state index contributed by atoms with van der Waals surface area (Å²) in [5.41, 5.74) is 0.0865. The molecule has 0 aliphatic heterocycles. The first kappa shape index (κ1) is 13.9. The van der Waals surface area contributed by atoms with Gasteiger partial charge in [-0.25, -0.2) is 15.0 Å². The number of anilines is 1. The predicted molar refractivity (Wildman–Crippen MR) is 74.4 cm³/mol. The molecular formula is C12H16N6O2. The highest BCUT2D eigenvalue weighted by Gasteiger charge is 2.22. The van der Waals surface area contributed by atoms with Gasteiger partial charge in [0.25, 0.3) is 0 Å². The van der Waals surface area contributed by atoms with E-state index in [0.29, 0.717) is 24.9 Å². The topological polar surface area (TPSA) is 98.8 Å². The Kier molecular flexibility index (Phi) is 4.24. The summed E-state index contributed by atoms with van der Waals surface area (Å²) >= 11 is 0. The molecule has 0 fully saturated rings. The highest BCUT2D eigenvalue weighted by molar-refractivity contribution is 5.64. The summed E-state index contributed by atoms with van der Waals surface area (Å²) in [6.07, 6.45) is 5.50. The number of imidazole rings is 1. The van der Waals surface area contributed by atoms with Crippen LogP contribution < -0.4 is 5.32 Å². The van der Waals surface area contributed by atoms with Crippen molar-refractivity contribution in [2.45, 2.75) is 26.8 Å². The Labute approximate surface area is 116 Å². The van der Waals surface area contributed by atoms with Crippen molar-refractivity contribution < 1.29 is 4.92 Å². The Morgan fingerprint density at radius 1 is 1.40 bits per heavy atom. The Bertz CT molecular complexity index is 610. The van der Waals surface area contributed by atoms with Crippen molar-refractivity contribution in [1.82, 2.24) is 19.5 Å². The Morgan fingerprint density at radius 3 is 2.85 bits per heavy atom. The van der Waals surface area contributed by atoms with Crippen LogP contribution in [0.5, 0.6) is 0 Å². The maximum atomic E-state index is 11.1. The molecule has 8 heteroatoms.